The molecule has 21 heavy (non-hydrogen) atoms. The number of hydrogen-bond acceptors (Lipinski definition) is 4. The molecule has 2 rings (SSSR count). The second-order valence-corrected chi connectivity index (χ2v) is 5.15. The average Bonchev–Trinajstić information content (AvgIpc) is 2.97. The van der Waals surface area contributed by atoms with Gasteiger partial charge in [-0.05, 0) is 43.5 Å². The van der Waals surface area contributed by atoms with Crippen LogP contribution in [0.5, 0.6) is 5.75 Å². The minimum absolute atomic E-state index is 0.237. The molecule has 0 bridgehead atoms. The summed E-state index contributed by atoms with van der Waals surface area (Å²) >= 11 is 0. The van der Waals surface area contributed by atoms with Crippen molar-refractivity contribution in [1.82, 2.24) is 5.32 Å². The maximum Gasteiger partial charge on any atom is 0.187 e. The fourth-order valence-electron chi connectivity index (χ4n) is 2.24. The molecule has 2 N–H and O–H groups in total. The summed E-state index contributed by atoms with van der Waals surface area (Å²) in [6.07, 6.45) is 3.22. The Kier molecular flexibility index (Phi) is 6.35. The van der Waals surface area contributed by atoms with E-state index in [2.05, 4.69) is 5.32 Å². The molecule has 0 amide bonds. The second-order valence-electron chi connectivity index (χ2n) is 5.15. The van der Waals surface area contributed by atoms with Gasteiger partial charge >= 0.3 is 0 Å². The highest BCUT2D eigenvalue weighted by Crippen LogP contribution is 2.21. The molecule has 1 unspecified atom stereocenters. The highest BCUT2D eigenvalue weighted by atomic mass is 19.1. The number of benzene rings is 1. The third kappa shape index (κ3) is 5.22. The molecule has 118 valence electrons. The monoisotopic (exact) mass is 301 g/mol. The van der Waals surface area contributed by atoms with E-state index in [1.807, 2.05) is 0 Å². The number of rotatable bonds is 8. The van der Waals surface area contributed by atoms with Crippen molar-refractivity contribution in [2.24, 2.45) is 0 Å². The van der Waals surface area contributed by atoms with Crippen molar-refractivity contribution in [2.45, 2.75) is 31.9 Å². The lowest BCUT2D eigenvalue weighted by molar-refractivity contribution is 0.0166. The average molecular weight is 301 g/mol. The summed E-state index contributed by atoms with van der Waals surface area (Å²) in [5.74, 6) is -2.81. The zero-order valence-corrected chi connectivity index (χ0v) is 11.9. The summed E-state index contributed by atoms with van der Waals surface area (Å²) in [5.41, 5.74) is 0.461. The molecule has 1 aliphatic rings. The topological polar surface area (TPSA) is 50.7 Å². The molecule has 1 aromatic carbocycles. The smallest absolute Gasteiger partial charge is 0.187 e. The van der Waals surface area contributed by atoms with Crippen LogP contribution < -0.4 is 5.32 Å². The van der Waals surface area contributed by atoms with Crippen LogP contribution in [0.4, 0.5) is 8.78 Å². The summed E-state index contributed by atoms with van der Waals surface area (Å²) in [4.78, 5) is 0. The van der Waals surface area contributed by atoms with Gasteiger partial charge in [0, 0.05) is 19.8 Å². The van der Waals surface area contributed by atoms with Gasteiger partial charge in [0.05, 0.1) is 12.7 Å². The van der Waals surface area contributed by atoms with Crippen LogP contribution in [0.25, 0.3) is 0 Å². The first-order valence-corrected chi connectivity index (χ1v) is 7.24. The van der Waals surface area contributed by atoms with Gasteiger partial charge in [-0.3, -0.25) is 0 Å². The molecule has 4 nitrogen and oxygen atoms in total. The number of aromatic hydroxyl groups is 1. The van der Waals surface area contributed by atoms with Crippen molar-refractivity contribution in [2.75, 3.05) is 26.4 Å². The van der Waals surface area contributed by atoms with E-state index >= 15 is 0 Å². The Morgan fingerprint density at radius 1 is 1.33 bits per heavy atom. The van der Waals surface area contributed by atoms with Crippen molar-refractivity contribution in [3.05, 3.63) is 29.3 Å². The molecule has 0 spiro atoms. The normalized spacial score (nSPS) is 18.3. The maximum absolute atomic E-state index is 13.1. The fraction of sp³-hybridized carbons (Fsp3) is 0.600. The molecule has 1 saturated heterocycles. The number of phenols is 1. The maximum atomic E-state index is 13.1. The van der Waals surface area contributed by atoms with Gasteiger partial charge in [0.1, 0.15) is 0 Å². The van der Waals surface area contributed by atoms with Crippen LogP contribution in [0.2, 0.25) is 0 Å². The minimum Gasteiger partial charge on any atom is -0.503 e. The van der Waals surface area contributed by atoms with Gasteiger partial charge in [-0.15, -0.1) is 0 Å². The third-order valence-corrected chi connectivity index (χ3v) is 3.38. The predicted octanol–water partition coefficient (Wildman–Crippen LogP) is 2.35. The van der Waals surface area contributed by atoms with Crippen LogP contribution in [-0.4, -0.2) is 37.6 Å². The van der Waals surface area contributed by atoms with Gasteiger partial charge in [0.2, 0.25) is 0 Å². The summed E-state index contributed by atoms with van der Waals surface area (Å²) in [5, 5.41) is 12.1. The SMILES string of the molecule is Oc1c(F)cc(CNCCCOCC2CCCO2)cc1F. The van der Waals surface area contributed by atoms with Gasteiger partial charge < -0.3 is 19.9 Å². The van der Waals surface area contributed by atoms with Crippen LogP contribution in [0, 0.1) is 11.6 Å². The lowest BCUT2D eigenvalue weighted by Gasteiger charge is -2.10. The van der Waals surface area contributed by atoms with Gasteiger partial charge in [0.25, 0.3) is 0 Å². The standard InChI is InChI=1S/C15H21F2NO3/c16-13-7-11(8-14(17)15(13)19)9-18-4-2-5-20-10-12-3-1-6-21-12/h7-8,12,18-19H,1-6,9-10H2. The van der Waals surface area contributed by atoms with Crippen molar-refractivity contribution < 1.29 is 23.4 Å². The first-order valence-electron chi connectivity index (χ1n) is 7.24. The van der Waals surface area contributed by atoms with Crippen molar-refractivity contribution in [3.63, 3.8) is 0 Å². The van der Waals surface area contributed by atoms with Gasteiger partial charge in [-0.25, -0.2) is 8.78 Å². The molecule has 0 saturated carbocycles. The molecule has 0 aromatic heterocycles. The Morgan fingerprint density at radius 3 is 2.76 bits per heavy atom. The van der Waals surface area contributed by atoms with Crippen molar-refractivity contribution >= 4 is 0 Å². The van der Waals surface area contributed by atoms with E-state index in [1.54, 1.807) is 0 Å². The summed E-state index contributed by atoms with van der Waals surface area (Å²) < 4.78 is 37.2. The Hall–Kier alpha value is -1.24. The summed E-state index contributed by atoms with van der Waals surface area (Å²) in [6, 6.07) is 2.25. The van der Waals surface area contributed by atoms with Gasteiger partial charge in [-0.1, -0.05) is 0 Å². The van der Waals surface area contributed by atoms with Crippen LogP contribution in [0.1, 0.15) is 24.8 Å². The second kappa shape index (κ2) is 8.26. The highest BCUT2D eigenvalue weighted by Gasteiger charge is 2.14. The fourth-order valence-corrected chi connectivity index (χ4v) is 2.24. The van der Waals surface area contributed by atoms with Crippen molar-refractivity contribution in [3.8, 4) is 5.75 Å². The lowest BCUT2D eigenvalue weighted by atomic mass is 10.2. The third-order valence-electron chi connectivity index (χ3n) is 3.38. The highest BCUT2D eigenvalue weighted by molar-refractivity contribution is 5.29. The first kappa shape index (κ1) is 16.1. The predicted molar refractivity (Wildman–Crippen MR) is 74.1 cm³/mol. The molecular weight excluding hydrogens is 280 g/mol. The van der Waals surface area contributed by atoms with Crippen LogP contribution >= 0.6 is 0 Å². The summed E-state index contributed by atoms with van der Waals surface area (Å²) in [7, 11) is 0. The zero-order chi connectivity index (χ0) is 15.1. The minimum atomic E-state index is -0.938. The Morgan fingerprint density at radius 2 is 2.10 bits per heavy atom. The lowest BCUT2D eigenvalue weighted by Crippen LogP contribution is -2.19. The number of halogens is 2. The molecule has 1 aliphatic heterocycles. The Labute approximate surface area is 123 Å². The zero-order valence-electron chi connectivity index (χ0n) is 11.9. The molecule has 0 aliphatic carbocycles. The van der Waals surface area contributed by atoms with Crippen LogP contribution in [0.3, 0.4) is 0 Å². The van der Waals surface area contributed by atoms with E-state index in [1.165, 1.54) is 0 Å². The molecule has 6 heteroatoms. The molecule has 1 aromatic rings. The molecule has 1 fully saturated rings. The van der Waals surface area contributed by atoms with Crippen molar-refractivity contribution in [1.29, 1.82) is 0 Å². The summed E-state index contributed by atoms with van der Waals surface area (Å²) in [6.45, 7) is 3.13. The van der Waals surface area contributed by atoms with E-state index in [9.17, 15) is 8.78 Å². The van der Waals surface area contributed by atoms with Crippen LogP contribution in [-0.2, 0) is 16.0 Å². The molecule has 1 heterocycles. The first-order chi connectivity index (χ1) is 10.2. The number of ether oxygens (including phenoxy) is 2. The molecular formula is C15H21F2NO3. The Bertz CT molecular complexity index is 428. The van der Waals surface area contributed by atoms with Gasteiger partial charge in [-0.2, -0.15) is 0 Å². The molecule has 0 radical (unpaired) electrons. The van der Waals surface area contributed by atoms with Gasteiger partial charge in [0.15, 0.2) is 17.4 Å². The van der Waals surface area contributed by atoms with Crippen LogP contribution in [0.15, 0.2) is 12.1 Å². The van der Waals surface area contributed by atoms with E-state index in [4.69, 9.17) is 14.6 Å². The van der Waals surface area contributed by atoms with E-state index in [0.717, 1.165) is 38.0 Å². The van der Waals surface area contributed by atoms with E-state index < -0.39 is 17.4 Å². The molecule has 1 atom stereocenters. The van der Waals surface area contributed by atoms with E-state index in [-0.39, 0.29) is 6.10 Å². The Balaban J connectivity index is 1.55. The van der Waals surface area contributed by atoms with E-state index in [0.29, 0.717) is 31.9 Å². The number of nitrogens with one attached hydrogen (secondary N) is 1. The number of phenolic OH excluding ortho intramolecular Hbond substituents is 1. The number of hydrogen-bond donors (Lipinski definition) is 2. The largest absolute Gasteiger partial charge is 0.503 e. The quantitative estimate of drug-likeness (QED) is 0.724.